The summed E-state index contributed by atoms with van der Waals surface area (Å²) in [6, 6.07) is 0. The van der Waals surface area contributed by atoms with Gasteiger partial charge in [-0.1, -0.05) is 13.3 Å². The highest BCUT2D eigenvalue weighted by Crippen LogP contribution is 2.31. The van der Waals surface area contributed by atoms with Gasteiger partial charge in [0.1, 0.15) is 5.69 Å². The van der Waals surface area contributed by atoms with Crippen LogP contribution < -0.4 is 5.32 Å². The van der Waals surface area contributed by atoms with Gasteiger partial charge in [-0.05, 0) is 32.1 Å². The number of hydrogen-bond donors (Lipinski definition) is 1. The molecule has 0 bridgehead atoms. The second-order valence-corrected chi connectivity index (χ2v) is 4.94. The van der Waals surface area contributed by atoms with E-state index in [9.17, 15) is 10.1 Å². The Bertz CT molecular complexity index is 438. The molecule has 1 aromatic rings. The van der Waals surface area contributed by atoms with Crippen LogP contribution in [-0.4, -0.2) is 21.2 Å². The summed E-state index contributed by atoms with van der Waals surface area (Å²) >= 11 is 0. The third kappa shape index (κ3) is 2.47. The fourth-order valence-corrected chi connectivity index (χ4v) is 2.28. The molecular weight excluding hydrogens is 232 g/mol. The lowest BCUT2D eigenvalue weighted by Crippen LogP contribution is -2.22. The van der Waals surface area contributed by atoms with Crippen LogP contribution >= 0.6 is 0 Å². The molecule has 1 aromatic heterocycles. The zero-order valence-corrected chi connectivity index (χ0v) is 11.0. The average molecular weight is 252 g/mol. The van der Waals surface area contributed by atoms with Gasteiger partial charge >= 0.3 is 5.69 Å². The van der Waals surface area contributed by atoms with Crippen molar-refractivity contribution in [2.45, 2.75) is 46.1 Å². The van der Waals surface area contributed by atoms with Gasteiger partial charge in [0.25, 0.3) is 0 Å². The third-order valence-corrected chi connectivity index (χ3v) is 3.50. The third-order valence-electron chi connectivity index (χ3n) is 3.50. The van der Waals surface area contributed by atoms with Crippen LogP contribution in [0.25, 0.3) is 0 Å². The number of rotatable bonds is 6. The molecule has 1 saturated carbocycles. The topological polar surface area (TPSA) is 73.0 Å². The van der Waals surface area contributed by atoms with Crippen molar-refractivity contribution in [2.24, 2.45) is 5.92 Å². The van der Waals surface area contributed by atoms with Gasteiger partial charge in [-0.25, -0.2) is 4.68 Å². The van der Waals surface area contributed by atoms with Crippen LogP contribution in [-0.2, 0) is 6.54 Å². The Balaban J connectivity index is 2.18. The Hall–Kier alpha value is -1.59. The van der Waals surface area contributed by atoms with Crippen molar-refractivity contribution in [1.29, 1.82) is 0 Å². The Labute approximate surface area is 107 Å². The van der Waals surface area contributed by atoms with Gasteiger partial charge in [0, 0.05) is 13.1 Å². The molecule has 0 amide bonds. The molecule has 1 heterocycles. The quantitative estimate of drug-likeness (QED) is 0.624. The molecule has 0 atom stereocenters. The first-order valence-corrected chi connectivity index (χ1v) is 6.59. The molecule has 1 N–H and O–H groups in total. The summed E-state index contributed by atoms with van der Waals surface area (Å²) in [6.07, 6.45) is 4.64. The number of hydrogen-bond acceptors (Lipinski definition) is 4. The van der Waals surface area contributed by atoms with E-state index in [1.54, 1.807) is 11.6 Å². The van der Waals surface area contributed by atoms with Gasteiger partial charge in [-0.2, -0.15) is 5.10 Å². The van der Waals surface area contributed by atoms with Gasteiger partial charge in [-0.3, -0.25) is 10.1 Å². The summed E-state index contributed by atoms with van der Waals surface area (Å²) in [5.41, 5.74) is 0.618. The zero-order valence-electron chi connectivity index (χ0n) is 11.0. The van der Waals surface area contributed by atoms with E-state index in [0.717, 1.165) is 13.0 Å². The maximum Gasteiger partial charge on any atom is 0.333 e. The predicted molar refractivity (Wildman–Crippen MR) is 69.7 cm³/mol. The van der Waals surface area contributed by atoms with Crippen LogP contribution in [0.5, 0.6) is 0 Å². The number of nitro groups is 1. The molecule has 1 aliphatic carbocycles. The molecule has 0 saturated heterocycles. The molecule has 6 heteroatoms. The zero-order chi connectivity index (χ0) is 13.1. The van der Waals surface area contributed by atoms with E-state index in [0.29, 0.717) is 24.0 Å². The van der Waals surface area contributed by atoms with Crippen molar-refractivity contribution in [3.05, 3.63) is 15.8 Å². The largest absolute Gasteiger partial charge is 0.364 e. The highest BCUT2D eigenvalue weighted by Gasteiger charge is 2.26. The summed E-state index contributed by atoms with van der Waals surface area (Å²) in [6.45, 7) is 5.26. The Kier molecular flexibility index (Phi) is 3.84. The number of nitrogens with one attached hydrogen (secondary N) is 1. The Morgan fingerprint density at radius 3 is 2.78 bits per heavy atom. The Morgan fingerprint density at radius 2 is 2.28 bits per heavy atom. The van der Waals surface area contributed by atoms with Crippen molar-refractivity contribution >= 4 is 11.5 Å². The van der Waals surface area contributed by atoms with E-state index in [2.05, 4.69) is 10.4 Å². The van der Waals surface area contributed by atoms with Crippen molar-refractivity contribution in [1.82, 2.24) is 9.78 Å². The van der Waals surface area contributed by atoms with Crippen LogP contribution in [0.15, 0.2) is 0 Å². The van der Waals surface area contributed by atoms with E-state index in [1.165, 1.54) is 19.3 Å². The monoisotopic (exact) mass is 252 g/mol. The van der Waals surface area contributed by atoms with Crippen LogP contribution in [0.2, 0.25) is 0 Å². The molecule has 0 unspecified atom stereocenters. The van der Waals surface area contributed by atoms with E-state index in [4.69, 9.17) is 0 Å². The maximum absolute atomic E-state index is 11.1. The fourth-order valence-electron chi connectivity index (χ4n) is 2.28. The molecule has 0 spiro atoms. The summed E-state index contributed by atoms with van der Waals surface area (Å²) in [5, 5.41) is 18.6. The van der Waals surface area contributed by atoms with Crippen molar-refractivity contribution < 1.29 is 4.92 Å². The second kappa shape index (κ2) is 5.37. The maximum atomic E-state index is 11.1. The average Bonchev–Trinajstić information content (AvgIpc) is 2.53. The highest BCUT2D eigenvalue weighted by atomic mass is 16.6. The van der Waals surface area contributed by atoms with Crippen LogP contribution in [0.3, 0.4) is 0 Å². The molecule has 6 nitrogen and oxygen atoms in total. The van der Waals surface area contributed by atoms with Gasteiger partial charge < -0.3 is 5.32 Å². The summed E-state index contributed by atoms with van der Waals surface area (Å²) in [4.78, 5) is 10.8. The normalized spacial score (nSPS) is 15.4. The number of aryl methyl sites for hydroxylation is 2. The smallest absolute Gasteiger partial charge is 0.333 e. The number of nitrogens with zero attached hydrogens (tertiary/aromatic N) is 3. The summed E-state index contributed by atoms with van der Waals surface area (Å²) < 4.78 is 1.73. The standard InChI is InChI=1S/C12H20N4O2/c1-3-7-15-12(13-8-10-5-4-6-10)11(16(17)18)9(2)14-15/h10,13H,3-8H2,1-2H3. The Morgan fingerprint density at radius 1 is 1.56 bits per heavy atom. The first kappa shape index (κ1) is 12.9. The minimum atomic E-state index is -0.336. The first-order valence-electron chi connectivity index (χ1n) is 6.59. The highest BCUT2D eigenvalue weighted by molar-refractivity contribution is 5.59. The lowest BCUT2D eigenvalue weighted by molar-refractivity contribution is -0.384. The van der Waals surface area contributed by atoms with Crippen LogP contribution in [0.4, 0.5) is 11.5 Å². The van der Waals surface area contributed by atoms with Gasteiger partial charge in [-0.15, -0.1) is 0 Å². The minimum Gasteiger partial charge on any atom is -0.364 e. The molecular formula is C12H20N4O2. The lowest BCUT2D eigenvalue weighted by atomic mass is 9.85. The van der Waals surface area contributed by atoms with E-state index >= 15 is 0 Å². The molecule has 0 aliphatic heterocycles. The van der Waals surface area contributed by atoms with Crippen LogP contribution in [0, 0.1) is 23.0 Å². The summed E-state index contributed by atoms with van der Waals surface area (Å²) in [7, 11) is 0. The van der Waals surface area contributed by atoms with E-state index in [-0.39, 0.29) is 10.6 Å². The van der Waals surface area contributed by atoms with Gasteiger partial charge in [0.15, 0.2) is 0 Å². The van der Waals surface area contributed by atoms with E-state index in [1.807, 2.05) is 6.92 Å². The molecule has 100 valence electrons. The molecule has 0 aromatic carbocycles. The minimum absolute atomic E-state index is 0.128. The van der Waals surface area contributed by atoms with Crippen molar-refractivity contribution in [3.8, 4) is 0 Å². The van der Waals surface area contributed by atoms with Gasteiger partial charge in [0.2, 0.25) is 5.82 Å². The van der Waals surface area contributed by atoms with Crippen LogP contribution in [0.1, 0.15) is 38.3 Å². The number of aromatic nitrogens is 2. The SMILES string of the molecule is CCCn1nc(C)c([N+](=O)[O-])c1NCC1CCC1. The lowest BCUT2D eigenvalue weighted by Gasteiger charge is -2.25. The van der Waals surface area contributed by atoms with Gasteiger partial charge in [0.05, 0.1) is 4.92 Å². The molecule has 1 fully saturated rings. The van der Waals surface area contributed by atoms with Crippen molar-refractivity contribution in [2.75, 3.05) is 11.9 Å². The molecule has 0 radical (unpaired) electrons. The number of anilines is 1. The molecule has 1 aliphatic rings. The van der Waals surface area contributed by atoms with E-state index < -0.39 is 0 Å². The second-order valence-electron chi connectivity index (χ2n) is 4.94. The molecule has 2 rings (SSSR count). The predicted octanol–water partition coefficient (Wildman–Crippen LogP) is 2.72. The van der Waals surface area contributed by atoms with Crippen molar-refractivity contribution in [3.63, 3.8) is 0 Å². The molecule has 18 heavy (non-hydrogen) atoms. The summed E-state index contributed by atoms with van der Waals surface area (Å²) in [5.74, 6) is 1.24. The first-order chi connectivity index (χ1) is 8.63. The fraction of sp³-hybridized carbons (Fsp3) is 0.750.